The topological polar surface area (TPSA) is 59.7 Å². The van der Waals surface area contributed by atoms with Gasteiger partial charge in [0, 0.05) is 5.39 Å². The lowest BCUT2D eigenvalue weighted by atomic mass is 9.64. The molecule has 1 aromatic heterocycles. The van der Waals surface area contributed by atoms with E-state index in [9.17, 15) is 9.90 Å². The highest BCUT2D eigenvalue weighted by Gasteiger charge is 2.47. The molecule has 0 aliphatic heterocycles. The minimum Gasteiger partial charge on any atom is -0.493 e. The van der Waals surface area contributed by atoms with Crippen molar-refractivity contribution >= 4 is 16.9 Å². The van der Waals surface area contributed by atoms with Crippen molar-refractivity contribution in [1.29, 1.82) is 0 Å². The molecule has 1 aliphatic rings. The van der Waals surface area contributed by atoms with Crippen LogP contribution in [0, 0.1) is 6.92 Å². The minimum absolute atomic E-state index is 0.644. The Morgan fingerprint density at radius 2 is 2.16 bits per heavy atom. The summed E-state index contributed by atoms with van der Waals surface area (Å²) in [5, 5.41) is 10.4. The molecule has 1 saturated carbocycles. The van der Waals surface area contributed by atoms with E-state index in [2.05, 4.69) is 0 Å². The van der Waals surface area contributed by atoms with Gasteiger partial charge in [-0.1, -0.05) is 12.5 Å². The maximum atomic E-state index is 11.6. The largest absolute Gasteiger partial charge is 0.493 e. The van der Waals surface area contributed by atoms with Crippen molar-refractivity contribution in [2.75, 3.05) is 7.11 Å². The van der Waals surface area contributed by atoms with E-state index in [1.807, 2.05) is 19.1 Å². The Bertz CT molecular complexity index is 649. The zero-order valence-electron chi connectivity index (χ0n) is 11.0. The Morgan fingerprint density at radius 1 is 1.42 bits per heavy atom. The highest BCUT2D eigenvalue weighted by Crippen LogP contribution is 2.48. The first-order chi connectivity index (χ1) is 9.08. The van der Waals surface area contributed by atoms with Gasteiger partial charge in [0.2, 0.25) is 0 Å². The second kappa shape index (κ2) is 4.02. The van der Waals surface area contributed by atoms with Crippen LogP contribution in [-0.4, -0.2) is 18.2 Å². The molecule has 0 spiro atoms. The van der Waals surface area contributed by atoms with Crippen LogP contribution in [0.2, 0.25) is 0 Å². The van der Waals surface area contributed by atoms with Gasteiger partial charge < -0.3 is 14.3 Å². The second-order valence-corrected chi connectivity index (χ2v) is 5.16. The molecule has 100 valence electrons. The summed E-state index contributed by atoms with van der Waals surface area (Å²) >= 11 is 0. The van der Waals surface area contributed by atoms with Crippen LogP contribution in [0.3, 0.4) is 0 Å². The molecule has 1 aromatic carbocycles. The molecule has 0 radical (unpaired) electrons. The van der Waals surface area contributed by atoms with Gasteiger partial charge in [0.25, 0.3) is 0 Å². The maximum Gasteiger partial charge on any atom is 0.314 e. The summed E-state index contributed by atoms with van der Waals surface area (Å²) in [6.07, 6.45) is 2.33. The van der Waals surface area contributed by atoms with Crippen molar-refractivity contribution in [1.82, 2.24) is 0 Å². The SMILES string of the molecule is COc1ccc(C2(C(=O)O)CCC2)c2cc(C)oc12. The van der Waals surface area contributed by atoms with Crippen molar-refractivity contribution in [2.45, 2.75) is 31.6 Å². The van der Waals surface area contributed by atoms with E-state index >= 15 is 0 Å². The normalized spacial score (nSPS) is 17.2. The third-order valence-electron chi connectivity index (χ3n) is 4.12. The number of carboxylic acids is 1. The summed E-state index contributed by atoms with van der Waals surface area (Å²) in [5.74, 6) is 0.663. The number of hydrogen-bond donors (Lipinski definition) is 1. The van der Waals surface area contributed by atoms with Crippen LogP contribution in [-0.2, 0) is 10.2 Å². The fourth-order valence-electron chi connectivity index (χ4n) is 2.93. The van der Waals surface area contributed by atoms with Gasteiger partial charge in [0.05, 0.1) is 12.5 Å². The Labute approximate surface area is 111 Å². The zero-order valence-corrected chi connectivity index (χ0v) is 11.0. The molecule has 1 fully saturated rings. The highest BCUT2D eigenvalue weighted by atomic mass is 16.5. The molecule has 2 aromatic rings. The number of ether oxygens (including phenoxy) is 1. The van der Waals surface area contributed by atoms with E-state index in [1.54, 1.807) is 13.2 Å². The summed E-state index contributed by atoms with van der Waals surface area (Å²) in [5.41, 5.74) is 0.741. The highest BCUT2D eigenvalue weighted by molar-refractivity contribution is 5.94. The van der Waals surface area contributed by atoms with Crippen LogP contribution >= 0.6 is 0 Å². The van der Waals surface area contributed by atoms with Gasteiger partial charge >= 0.3 is 5.97 Å². The molecule has 0 atom stereocenters. The van der Waals surface area contributed by atoms with Crippen LogP contribution in [0.1, 0.15) is 30.6 Å². The summed E-state index contributed by atoms with van der Waals surface area (Å²) in [7, 11) is 1.59. The number of methoxy groups -OCH3 is 1. The van der Waals surface area contributed by atoms with Gasteiger partial charge in [-0.25, -0.2) is 0 Å². The molecule has 0 unspecified atom stereocenters. The summed E-state index contributed by atoms with van der Waals surface area (Å²) in [6.45, 7) is 1.86. The first-order valence-electron chi connectivity index (χ1n) is 6.39. The van der Waals surface area contributed by atoms with Crippen molar-refractivity contribution in [3.8, 4) is 5.75 Å². The number of rotatable bonds is 3. The van der Waals surface area contributed by atoms with E-state index < -0.39 is 11.4 Å². The number of aryl methyl sites for hydroxylation is 1. The van der Waals surface area contributed by atoms with E-state index in [1.165, 1.54) is 0 Å². The van der Waals surface area contributed by atoms with Gasteiger partial charge in [-0.2, -0.15) is 0 Å². The van der Waals surface area contributed by atoms with Crippen LogP contribution in [0.4, 0.5) is 0 Å². The third-order valence-corrected chi connectivity index (χ3v) is 4.12. The number of fused-ring (bicyclic) bond motifs is 1. The first kappa shape index (κ1) is 12.1. The Hall–Kier alpha value is -1.97. The number of carboxylic acid groups (broad SMARTS) is 1. The fourth-order valence-corrected chi connectivity index (χ4v) is 2.93. The Morgan fingerprint density at radius 3 is 2.68 bits per heavy atom. The molecule has 0 amide bonds. The van der Waals surface area contributed by atoms with Gasteiger partial charge in [-0.15, -0.1) is 0 Å². The van der Waals surface area contributed by atoms with Gasteiger partial charge in [0.1, 0.15) is 5.76 Å². The minimum atomic E-state index is -0.749. The molecule has 0 saturated heterocycles. The molecule has 1 heterocycles. The quantitative estimate of drug-likeness (QED) is 0.920. The molecule has 19 heavy (non-hydrogen) atoms. The molecule has 4 nitrogen and oxygen atoms in total. The van der Waals surface area contributed by atoms with E-state index in [0.717, 1.165) is 23.1 Å². The van der Waals surface area contributed by atoms with Crippen LogP contribution < -0.4 is 4.74 Å². The number of aliphatic carboxylic acids is 1. The number of furan rings is 1. The Balaban J connectivity index is 2.28. The first-order valence-corrected chi connectivity index (χ1v) is 6.39. The second-order valence-electron chi connectivity index (χ2n) is 5.16. The Kier molecular flexibility index (Phi) is 2.55. The fraction of sp³-hybridized carbons (Fsp3) is 0.400. The van der Waals surface area contributed by atoms with Crippen LogP contribution in [0.15, 0.2) is 22.6 Å². The molecule has 1 aliphatic carbocycles. The smallest absolute Gasteiger partial charge is 0.314 e. The lowest BCUT2D eigenvalue weighted by molar-refractivity contribution is -0.147. The van der Waals surface area contributed by atoms with Gasteiger partial charge in [0.15, 0.2) is 11.3 Å². The molecule has 3 rings (SSSR count). The van der Waals surface area contributed by atoms with Gasteiger partial charge in [-0.3, -0.25) is 4.79 Å². The predicted molar refractivity (Wildman–Crippen MR) is 70.7 cm³/mol. The summed E-state index contributed by atoms with van der Waals surface area (Å²) in [4.78, 5) is 11.6. The average molecular weight is 260 g/mol. The molecule has 4 heteroatoms. The molecular weight excluding hydrogens is 244 g/mol. The molecule has 1 N–H and O–H groups in total. The lowest BCUT2D eigenvalue weighted by Crippen LogP contribution is -2.42. The summed E-state index contributed by atoms with van der Waals surface area (Å²) in [6, 6.07) is 5.56. The van der Waals surface area contributed by atoms with E-state index in [4.69, 9.17) is 9.15 Å². The van der Waals surface area contributed by atoms with Crippen molar-refractivity contribution in [3.05, 3.63) is 29.5 Å². The lowest BCUT2D eigenvalue weighted by Gasteiger charge is -2.38. The maximum absolute atomic E-state index is 11.6. The average Bonchev–Trinajstić information content (AvgIpc) is 2.68. The molecular formula is C15H16O4. The zero-order chi connectivity index (χ0) is 13.6. The number of hydrogen-bond acceptors (Lipinski definition) is 3. The molecule has 0 bridgehead atoms. The van der Waals surface area contributed by atoms with E-state index in [0.29, 0.717) is 24.2 Å². The van der Waals surface area contributed by atoms with Crippen molar-refractivity contribution in [3.63, 3.8) is 0 Å². The predicted octanol–water partition coefficient (Wildman–Crippen LogP) is 3.26. The van der Waals surface area contributed by atoms with Crippen molar-refractivity contribution in [2.24, 2.45) is 0 Å². The summed E-state index contributed by atoms with van der Waals surface area (Å²) < 4.78 is 10.9. The van der Waals surface area contributed by atoms with Crippen molar-refractivity contribution < 1.29 is 19.1 Å². The van der Waals surface area contributed by atoms with Crippen LogP contribution in [0.25, 0.3) is 11.0 Å². The van der Waals surface area contributed by atoms with Gasteiger partial charge in [-0.05, 0) is 37.5 Å². The number of carbonyl (C=O) groups is 1. The van der Waals surface area contributed by atoms with Crippen LogP contribution in [0.5, 0.6) is 5.75 Å². The third kappa shape index (κ3) is 1.56. The number of benzene rings is 1. The standard InChI is InChI=1S/C15H16O4/c1-9-8-10-11(15(14(16)17)6-3-7-15)4-5-12(18-2)13(10)19-9/h4-5,8H,3,6-7H2,1-2H3,(H,16,17). The van der Waals surface area contributed by atoms with E-state index in [-0.39, 0.29) is 0 Å². The monoisotopic (exact) mass is 260 g/mol.